The van der Waals surface area contributed by atoms with Gasteiger partial charge in [0.15, 0.2) is 5.69 Å². The molecule has 0 bridgehead atoms. The van der Waals surface area contributed by atoms with E-state index in [4.69, 9.17) is 5.11 Å². The molecule has 20 heavy (non-hydrogen) atoms. The van der Waals surface area contributed by atoms with Crippen LogP contribution in [0.2, 0.25) is 0 Å². The Morgan fingerprint density at radius 2 is 2.25 bits per heavy atom. The number of likely N-dealkylation sites (N-methyl/N-ethyl adjacent to an activating group) is 1. The fraction of sp³-hybridized carbons (Fsp3) is 0.667. The minimum absolute atomic E-state index is 0.187. The van der Waals surface area contributed by atoms with Crippen LogP contribution < -0.4 is 0 Å². The molecule has 0 saturated carbocycles. The molecular weight excluding hydrogens is 262 g/mol. The van der Waals surface area contributed by atoms with Gasteiger partial charge in [0.2, 0.25) is 0 Å². The summed E-state index contributed by atoms with van der Waals surface area (Å²) in [6, 6.07) is 0.349. The average molecular weight is 281 g/mol. The molecule has 1 atom stereocenters. The van der Waals surface area contributed by atoms with Gasteiger partial charge in [-0.1, -0.05) is 5.21 Å². The van der Waals surface area contributed by atoms with Crippen LogP contribution >= 0.6 is 0 Å². The molecule has 1 aliphatic rings. The lowest BCUT2D eigenvalue weighted by Gasteiger charge is -2.35. The number of carboxylic acid groups (broad SMARTS) is 1. The number of amides is 1. The number of hydrogen-bond donors (Lipinski definition) is 1. The zero-order valence-electron chi connectivity index (χ0n) is 11.7. The highest BCUT2D eigenvalue weighted by molar-refractivity contribution is 5.92. The van der Waals surface area contributed by atoms with Crippen molar-refractivity contribution in [3.8, 4) is 0 Å². The number of likely N-dealkylation sites (tertiary alicyclic amines) is 1. The first-order chi connectivity index (χ1) is 9.47. The van der Waals surface area contributed by atoms with Crippen molar-refractivity contribution in [2.45, 2.75) is 25.4 Å². The first-order valence-electron chi connectivity index (χ1n) is 6.55. The van der Waals surface area contributed by atoms with Crippen molar-refractivity contribution in [1.29, 1.82) is 0 Å². The SMILES string of the molecule is CN(C)C1CCCN(C(=O)c2cn(CC(=O)O)nn2)C1. The number of carboxylic acids is 1. The van der Waals surface area contributed by atoms with Gasteiger partial charge in [0, 0.05) is 19.1 Å². The standard InChI is InChI=1S/C12H19N5O3/c1-15(2)9-4-3-5-16(6-9)12(20)10-7-17(14-13-10)8-11(18)19/h7,9H,3-6,8H2,1-2H3,(H,18,19). The summed E-state index contributed by atoms with van der Waals surface area (Å²) in [7, 11) is 4.00. The second kappa shape index (κ2) is 6.00. The van der Waals surface area contributed by atoms with Gasteiger partial charge in [-0.25, -0.2) is 4.68 Å². The maximum Gasteiger partial charge on any atom is 0.325 e. The Labute approximate surface area is 117 Å². The third-order valence-corrected chi connectivity index (χ3v) is 3.47. The van der Waals surface area contributed by atoms with E-state index in [9.17, 15) is 9.59 Å². The monoisotopic (exact) mass is 281 g/mol. The molecule has 8 heteroatoms. The van der Waals surface area contributed by atoms with Crippen LogP contribution in [0.15, 0.2) is 6.20 Å². The highest BCUT2D eigenvalue weighted by Gasteiger charge is 2.27. The van der Waals surface area contributed by atoms with Crippen molar-refractivity contribution < 1.29 is 14.7 Å². The molecular formula is C12H19N5O3. The third-order valence-electron chi connectivity index (χ3n) is 3.47. The molecule has 1 amide bonds. The first kappa shape index (κ1) is 14.4. The molecule has 1 aromatic rings. The van der Waals surface area contributed by atoms with Crippen LogP contribution in [0.1, 0.15) is 23.3 Å². The highest BCUT2D eigenvalue weighted by Crippen LogP contribution is 2.15. The number of hydrogen-bond acceptors (Lipinski definition) is 5. The molecule has 2 heterocycles. The van der Waals surface area contributed by atoms with E-state index in [1.807, 2.05) is 14.1 Å². The second-order valence-corrected chi connectivity index (χ2v) is 5.21. The van der Waals surface area contributed by atoms with Crippen LogP contribution in [0.25, 0.3) is 0 Å². The van der Waals surface area contributed by atoms with E-state index >= 15 is 0 Å². The van der Waals surface area contributed by atoms with Gasteiger partial charge in [-0.2, -0.15) is 0 Å². The van der Waals surface area contributed by atoms with Crippen LogP contribution in [0.4, 0.5) is 0 Å². The molecule has 1 N–H and O–H groups in total. The lowest BCUT2D eigenvalue weighted by atomic mass is 10.0. The van der Waals surface area contributed by atoms with Gasteiger partial charge >= 0.3 is 5.97 Å². The number of aliphatic carboxylic acids is 1. The maximum atomic E-state index is 12.3. The van der Waals surface area contributed by atoms with E-state index in [1.54, 1.807) is 4.90 Å². The van der Waals surface area contributed by atoms with Crippen molar-refractivity contribution in [3.63, 3.8) is 0 Å². The number of carbonyl (C=O) groups is 2. The molecule has 110 valence electrons. The fourth-order valence-corrected chi connectivity index (χ4v) is 2.33. The Kier molecular flexibility index (Phi) is 4.33. The van der Waals surface area contributed by atoms with E-state index in [0.29, 0.717) is 19.1 Å². The topological polar surface area (TPSA) is 91.6 Å². The van der Waals surface area contributed by atoms with E-state index < -0.39 is 5.97 Å². The normalized spacial score (nSPS) is 19.4. The van der Waals surface area contributed by atoms with Crippen molar-refractivity contribution in [2.24, 2.45) is 0 Å². The lowest BCUT2D eigenvalue weighted by molar-refractivity contribution is -0.137. The predicted octanol–water partition coefficient (Wildman–Crippen LogP) is -0.471. The minimum Gasteiger partial charge on any atom is -0.480 e. The second-order valence-electron chi connectivity index (χ2n) is 5.21. The molecule has 0 aliphatic carbocycles. The first-order valence-corrected chi connectivity index (χ1v) is 6.55. The Balaban J connectivity index is 2.03. The number of rotatable bonds is 4. The van der Waals surface area contributed by atoms with E-state index in [0.717, 1.165) is 17.5 Å². The molecule has 1 unspecified atom stereocenters. The molecule has 1 fully saturated rings. The summed E-state index contributed by atoms with van der Waals surface area (Å²) < 4.78 is 1.16. The van der Waals surface area contributed by atoms with Gasteiger partial charge in [0.1, 0.15) is 6.54 Å². The summed E-state index contributed by atoms with van der Waals surface area (Å²) in [6.45, 7) is 1.08. The summed E-state index contributed by atoms with van der Waals surface area (Å²) in [5.41, 5.74) is 0.200. The van der Waals surface area contributed by atoms with E-state index in [1.165, 1.54) is 6.20 Å². The molecule has 0 radical (unpaired) electrons. The molecule has 1 aliphatic heterocycles. The Hall–Kier alpha value is -1.96. The molecule has 0 aromatic carbocycles. The summed E-state index contributed by atoms with van der Waals surface area (Å²) in [4.78, 5) is 26.8. The smallest absolute Gasteiger partial charge is 0.325 e. The van der Waals surface area contributed by atoms with Gasteiger partial charge in [-0.05, 0) is 26.9 Å². The number of carbonyl (C=O) groups excluding carboxylic acids is 1. The van der Waals surface area contributed by atoms with Crippen molar-refractivity contribution >= 4 is 11.9 Å². The number of piperidine rings is 1. The Morgan fingerprint density at radius 1 is 1.50 bits per heavy atom. The van der Waals surface area contributed by atoms with Crippen LogP contribution in [-0.4, -0.2) is 75.0 Å². The number of nitrogens with zero attached hydrogens (tertiary/aromatic N) is 5. The van der Waals surface area contributed by atoms with Crippen LogP contribution in [0.3, 0.4) is 0 Å². The van der Waals surface area contributed by atoms with Gasteiger partial charge in [0.25, 0.3) is 5.91 Å². The van der Waals surface area contributed by atoms with Gasteiger partial charge < -0.3 is 14.9 Å². The van der Waals surface area contributed by atoms with E-state index in [-0.39, 0.29) is 18.1 Å². The summed E-state index contributed by atoms with van der Waals surface area (Å²) in [5.74, 6) is -1.20. The minimum atomic E-state index is -1.01. The fourth-order valence-electron chi connectivity index (χ4n) is 2.33. The molecule has 1 aromatic heterocycles. The van der Waals surface area contributed by atoms with E-state index in [2.05, 4.69) is 15.2 Å². The Morgan fingerprint density at radius 3 is 2.90 bits per heavy atom. The lowest BCUT2D eigenvalue weighted by Crippen LogP contribution is -2.47. The average Bonchev–Trinajstić information content (AvgIpc) is 2.85. The quantitative estimate of drug-likeness (QED) is 0.802. The summed E-state index contributed by atoms with van der Waals surface area (Å²) in [6.07, 6.45) is 3.41. The zero-order chi connectivity index (χ0) is 14.7. The van der Waals surface area contributed by atoms with Gasteiger partial charge in [0.05, 0.1) is 6.20 Å². The molecule has 0 spiro atoms. The molecule has 1 saturated heterocycles. The van der Waals surface area contributed by atoms with Crippen LogP contribution in [-0.2, 0) is 11.3 Å². The number of aromatic nitrogens is 3. The van der Waals surface area contributed by atoms with Crippen LogP contribution in [0, 0.1) is 0 Å². The third kappa shape index (κ3) is 3.32. The molecule has 8 nitrogen and oxygen atoms in total. The zero-order valence-corrected chi connectivity index (χ0v) is 11.7. The maximum absolute atomic E-state index is 12.3. The van der Waals surface area contributed by atoms with Crippen molar-refractivity contribution in [1.82, 2.24) is 24.8 Å². The summed E-state index contributed by atoms with van der Waals surface area (Å²) >= 11 is 0. The van der Waals surface area contributed by atoms with Crippen LogP contribution in [0.5, 0.6) is 0 Å². The van der Waals surface area contributed by atoms with Gasteiger partial charge in [-0.3, -0.25) is 9.59 Å². The van der Waals surface area contributed by atoms with Crippen molar-refractivity contribution in [3.05, 3.63) is 11.9 Å². The van der Waals surface area contributed by atoms with Gasteiger partial charge in [-0.15, -0.1) is 5.10 Å². The predicted molar refractivity (Wildman–Crippen MR) is 70.3 cm³/mol. The summed E-state index contributed by atoms with van der Waals surface area (Å²) in [5, 5.41) is 16.1. The Bertz CT molecular complexity index is 499. The molecule has 2 rings (SSSR count). The van der Waals surface area contributed by atoms with Crippen molar-refractivity contribution in [2.75, 3.05) is 27.2 Å². The highest BCUT2D eigenvalue weighted by atomic mass is 16.4. The largest absolute Gasteiger partial charge is 0.480 e.